The van der Waals surface area contributed by atoms with Crippen LogP contribution in [0.5, 0.6) is 0 Å². The van der Waals surface area contributed by atoms with E-state index >= 15 is 0 Å². The van der Waals surface area contributed by atoms with E-state index in [0.29, 0.717) is 12.8 Å². The molecule has 0 aliphatic heterocycles. The quantitative estimate of drug-likeness (QED) is 0.444. The predicted octanol–water partition coefficient (Wildman–Crippen LogP) is 2.10. The number of benzene rings is 1. The van der Waals surface area contributed by atoms with Crippen LogP contribution < -0.4 is 0 Å². The van der Waals surface area contributed by atoms with E-state index in [2.05, 4.69) is 4.18 Å². The van der Waals surface area contributed by atoms with Crippen molar-refractivity contribution in [3.05, 3.63) is 34.4 Å². The second-order valence-electron chi connectivity index (χ2n) is 3.26. The Kier molecular flexibility index (Phi) is 4.05. The smallest absolute Gasteiger partial charge is 0.266 e. The van der Waals surface area contributed by atoms with Gasteiger partial charge in [-0.25, -0.2) is 0 Å². The van der Waals surface area contributed by atoms with Crippen molar-refractivity contribution in [3.8, 4) is 0 Å². The summed E-state index contributed by atoms with van der Waals surface area (Å²) in [5, 5.41) is 10.4. The van der Waals surface area contributed by atoms with Crippen molar-refractivity contribution in [2.75, 3.05) is 6.58 Å². The number of rotatable bonds is 6. The van der Waals surface area contributed by atoms with Crippen molar-refractivity contribution in [2.45, 2.75) is 24.7 Å². The lowest BCUT2D eigenvalue weighted by molar-refractivity contribution is -0.384. The molecular formula is C10H13NO5S. The van der Waals surface area contributed by atoms with Gasteiger partial charge >= 0.3 is 0 Å². The lowest BCUT2D eigenvalue weighted by Gasteiger charge is -2.04. The summed E-state index contributed by atoms with van der Waals surface area (Å²) in [6.45, 7) is 0.652. The zero-order valence-corrected chi connectivity index (χ0v) is 10.0. The summed E-state index contributed by atoms with van der Waals surface area (Å²) in [7, 11) is -4.03. The van der Waals surface area contributed by atoms with E-state index in [4.69, 9.17) is 1.37 Å². The van der Waals surface area contributed by atoms with Gasteiger partial charge in [0, 0.05) is 12.1 Å². The van der Waals surface area contributed by atoms with Crippen molar-refractivity contribution in [1.29, 1.82) is 0 Å². The summed E-state index contributed by atoms with van der Waals surface area (Å²) in [6, 6.07) is 4.34. The highest BCUT2D eigenvalue weighted by molar-refractivity contribution is 7.86. The van der Waals surface area contributed by atoms with Crippen LogP contribution in [0.1, 0.15) is 21.1 Å². The fourth-order valence-corrected chi connectivity index (χ4v) is 1.90. The van der Waals surface area contributed by atoms with E-state index in [1.807, 2.05) is 6.92 Å². The largest absolute Gasteiger partial charge is 0.296 e. The van der Waals surface area contributed by atoms with Crippen molar-refractivity contribution in [2.24, 2.45) is 0 Å². The highest BCUT2D eigenvalue weighted by Gasteiger charge is 2.16. The Balaban J connectivity index is 2.88. The lowest BCUT2D eigenvalue weighted by atomic mass is 10.3. The van der Waals surface area contributed by atoms with Crippen molar-refractivity contribution >= 4 is 15.8 Å². The van der Waals surface area contributed by atoms with Crippen LogP contribution in [0.3, 0.4) is 0 Å². The van der Waals surface area contributed by atoms with E-state index in [1.54, 1.807) is 0 Å². The van der Waals surface area contributed by atoms with Gasteiger partial charge in [0.25, 0.3) is 15.8 Å². The topological polar surface area (TPSA) is 86.5 Å². The first-order chi connectivity index (χ1) is 8.36. The third kappa shape index (κ3) is 3.79. The highest BCUT2D eigenvalue weighted by Crippen LogP contribution is 2.17. The lowest BCUT2D eigenvalue weighted by Crippen LogP contribution is -2.07. The summed E-state index contributed by atoms with van der Waals surface area (Å²) in [4.78, 5) is 9.60. The molecule has 0 aromatic heterocycles. The maximum Gasteiger partial charge on any atom is 0.296 e. The SMILES string of the molecule is [2H][C@@H](CCC)OS(=O)(=O)c1ccc([N+](=O)[O-])cc1. The molecule has 1 atom stereocenters. The van der Waals surface area contributed by atoms with Crippen LogP contribution in [0.25, 0.3) is 0 Å². The molecule has 0 fully saturated rings. The highest BCUT2D eigenvalue weighted by atomic mass is 32.2. The molecule has 7 heteroatoms. The molecule has 0 aliphatic rings. The van der Waals surface area contributed by atoms with Gasteiger partial charge in [0.1, 0.15) is 0 Å². The van der Waals surface area contributed by atoms with Crippen LogP contribution in [0.4, 0.5) is 5.69 Å². The fraction of sp³-hybridized carbons (Fsp3) is 0.400. The average molecular weight is 260 g/mol. The molecule has 6 nitrogen and oxygen atoms in total. The van der Waals surface area contributed by atoms with Gasteiger partial charge in [0.2, 0.25) is 0 Å². The first-order valence-electron chi connectivity index (χ1n) is 5.54. The molecular weight excluding hydrogens is 246 g/mol. The van der Waals surface area contributed by atoms with Gasteiger partial charge in [-0.3, -0.25) is 14.3 Å². The predicted molar refractivity (Wildman–Crippen MR) is 61.1 cm³/mol. The van der Waals surface area contributed by atoms with Crippen molar-refractivity contribution in [3.63, 3.8) is 0 Å². The van der Waals surface area contributed by atoms with E-state index in [0.717, 1.165) is 24.3 Å². The molecule has 0 aliphatic carbocycles. The van der Waals surface area contributed by atoms with Crippen LogP contribution in [0, 0.1) is 10.1 Å². The molecule has 0 radical (unpaired) electrons. The van der Waals surface area contributed by atoms with Gasteiger partial charge in [-0.15, -0.1) is 0 Å². The molecule has 1 rings (SSSR count). The minimum Gasteiger partial charge on any atom is -0.266 e. The summed E-state index contributed by atoms with van der Waals surface area (Å²) < 4.78 is 35.4. The Morgan fingerprint density at radius 2 is 2.00 bits per heavy atom. The summed E-state index contributed by atoms with van der Waals surface area (Å²) in [5.74, 6) is 0. The monoisotopic (exact) mass is 260 g/mol. The third-order valence-electron chi connectivity index (χ3n) is 1.94. The number of nitrogens with zero attached hydrogens (tertiary/aromatic N) is 1. The van der Waals surface area contributed by atoms with E-state index in [9.17, 15) is 18.5 Å². The molecule has 0 spiro atoms. The van der Waals surface area contributed by atoms with Crippen LogP contribution in [0.2, 0.25) is 0 Å². The van der Waals surface area contributed by atoms with Gasteiger partial charge in [-0.05, 0) is 18.6 Å². The average Bonchev–Trinajstić information content (AvgIpc) is 2.28. The van der Waals surface area contributed by atoms with Gasteiger partial charge in [0.15, 0.2) is 0 Å². The number of nitro groups is 1. The first-order valence-corrected chi connectivity index (χ1v) is 6.37. The summed E-state index contributed by atoms with van der Waals surface area (Å²) >= 11 is 0. The van der Waals surface area contributed by atoms with E-state index < -0.39 is 21.6 Å². The maximum atomic E-state index is 11.7. The van der Waals surface area contributed by atoms with E-state index in [1.165, 1.54) is 0 Å². The van der Waals surface area contributed by atoms with E-state index in [-0.39, 0.29) is 10.6 Å². The zero-order valence-electron chi connectivity index (χ0n) is 10.2. The number of hydrogen-bond donors (Lipinski definition) is 0. The Morgan fingerprint density at radius 1 is 1.41 bits per heavy atom. The Hall–Kier alpha value is -1.47. The molecule has 94 valence electrons. The van der Waals surface area contributed by atoms with Gasteiger partial charge in [-0.2, -0.15) is 8.42 Å². The maximum absolute atomic E-state index is 11.7. The molecule has 0 heterocycles. The van der Waals surface area contributed by atoms with Gasteiger partial charge < -0.3 is 0 Å². The van der Waals surface area contributed by atoms with Crippen molar-refractivity contribution in [1.82, 2.24) is 0 Å². The van der Waals surface area contributed by atoms with Crippen LogP contribution in [-0.2, 0) is 14.3 Å². The zero-order chi connectivity index (χ0) is 13.8. The normalized spacial score (nSPS) is 14.1. The van der Waals surface area contributed by atoms with Gasteiger partial charge in [0.05, 0.1) is 17.8 Å². The molecule has 1 aromatic carbocycles. The molecule has 0 unspecified atom stereocenters. The van der Waals surface area contributed by atoms with Crippen LogP contribution in [0.15, 0.2) is 29.2 Å². The molecule has 1 aromatic rings. The Bertz CT molecular complexity index is 514. The number of non-ortho nitro benzene ring substituents is 1. The third-order valence-corrected chi connectivity index (χ3v) is 3.18. The fourth-order valence-electron chi connectivity index (χ4n) is 1.05. The van der Waals surface area contributed by atoms with Crippen LogP contribution >= 0.6 is 0 Å². The number of nitro benzene ring substituents is 1. The Labute approximate surface area is 101 Å². The summed E-state index contributed by atoms with van der Waals surface area (Å²) in [5.41, 5.74) is -0.204. The standard InChI is InChI=1S/C10H13NO5S/c1-2-3-8-16-17(14,15)10-6-4-9(5-7-10)11(12)13/h4-7H,2-3,8H2,1H3/i8D/t8-/m0/s1. The molecule has 0 bridgehead atoms. The molecule has 0 N–H and O–H groups in total. The molecule has 17 heavy (non-hydrogen) atoms. The second-order valence-corrected chi connectivity index (χ2v) is 4.83. The minimum absolute atomic E-state index is 0.193. The number of hydrogen-bond acceptors (Lipinski definition) is 5. The Morgan fingerprint density at radius 3 is 2.47 bits per heavy atom. The van der Waals surface area contributed by atoms with Gasteiger partial charge in [-0.1, -0.05) is 13.3 Å². The minimum atomic E-state index is -4.03. The molecule has 0 amide bonds. The van der Waals surface area contributed by atoms with Crippen molar-refractivity contribution < 1.29 is 18.9 Å². The molecule has 0 saturated carbocycles. The van der Waals surface area contributed by atoms with Crippen LogP contribution in [-0.4, -0.2) is 19.9 Å². The summed E-state index contributed by atoms with van der Waals surface area (Å²) in [6.07, 6.45) is 0.927. The first kappa shape index (κ1) is 12.0. The second kappa shape index (κ2) is 5.74. The molecule has 0 saturated heterocycles.